The van der Waals surface area contributed by atoms with E-state index in [1.165, 1.54) is 7.11 Å². The molecule has 1 aromatic heterocycles. The van der Waals surface area contributed by atoms with Crippen LogP contribution in [-0.4, -0.2) is 18.1 Å². The lowest BCUT2D eigenvalue weighted by molar-refractivity contribution is -0.133. The van der Waals surface area contributed by atoms with Crippen molar-refractivity contribution >= 4 is 22.4 Å². The zero-order valence-electron chi connectivity index (χ0n) is 8.41. The molecule has 2 aromatic rings. The maximum Gasteiger partial charge on any atom is 0.337 e. The van der Waals surface area contributed by atoms with E-state index in [2.05, 4.69) is 16.3 Å². The smallest absolute Gasteiger partial charge is 0.337 e. The number of esters is 1. The molecule has 0 amide bonds. The predicted octanol–water partition coefficient (Wildman–Crippen LogP) is 2.35. The summed E-state index contributed by atoms with van der Waals surface area (Å²) in [6.45, 7) is 3.74. The fraction of sp³-hybridized carbons (Fsp3) is 0.0833. The molecule has 15 heavy (non-hydrogen) atoms. The molecule has 0 saturated carbocycles. The van der Waals surface area contributed by atoms with Crippen LogP contribution in [0.15, 0.2) is 37.0 Å². The maximum atomic E-state index is 11.3. The molecule has 0 bridgehead atoms. The lowest BCUT2D eigenvalue weighted by Crippen LogP contribution is -2.02. The highest BCUT2D eigenvalue weighted by molar-refractivity contribution is 6.19. The van der Waals surface area contributed by atoms with Gasteiger partial charge in [0.2, 0.25) is 0 Å². The van der Waals surface area contributed by atoms with Crippen LogP contribution in [0.25, 0.3) is 16.5 Å². The second-order valence-electron chi connectivity index (χ2n) is 3.21. The molecular weight excluding hydrogens is 190 g/mol. The largest absolute Gasteiger partial charge is 0.465 e. The molecule has 0 aliphatic heterocycles. The SMILES string of the molecule is C=C(C(=O)OC)c1cccc2[nH]ccc12. The van der Waals surface area contributed by atoms with Crippen LogP contribution in [0.3, 0.4) is 0 Å². The van der Waals surface area contributed by atoms with E-state index in [9.17, 15) is 4.79 Å². The van der Waals surface area contributed by atoms with E-state index in [4.69, 9.17) is 0 Å². The van der Waals surface area contributed by atoms with Gasteiger partial charge >= 0.3 is 5.97 Å². The average Bonchev–Trinajstić information content (AvgIpc) is 2.74. The topological polar surface area (TPSA) is 42.1 Å². The first kappa shape index (κ1) is 9.52. The third kappa shape index (κ3) is 1.52. The Bertz CT molecular complexity index is 525. The number of hydrogen-bond acceptors (Lipinski definition) is 2. The molecule has 1 N–H and O–H groups in total. The summed E-state index contributed by atoms with van der Waals surface area (Å²) in [5, 5.41) is 0.980. The first-order valence-corrected chi connectivity index (χ1v) is 4.57. The van der Waals surface area contributed by atoms with Crippen LogP contribution in [0.4, 0.5) is 0 Å². The zero-order valence-corrected chi connectivity index (χ0v) is 8.41. The number of carbonyl (C=O) groups is 1. The van der Waals surface area contributed by atoms with Gasteiger partial charge in [-0.3, -0.25) is 0 Å². The van der Waals surface area contributed by atoms with Crippen LogP contribution in [-0.2, 0) is 9.53 Å². The first-order chi connectivity index (χ1) is 7.24. The first-order valence-electron chi connectivity index (χ1n) is 4.57. The van der Waals surface area contributed by atoms with Crippen molar-refractivity contribution in [1.29, 1.82) is 0 Å². The average molecular weight is 201 g/mol. The van der Waals surface area contributed by atoms with Crippen LogP contribution in [0.1, 0.15) is 5.56 Å². The second-order valence-corrected chi connectivity index (χ2v) is 3.21. The minimum atomic E-state index is -0.399. The Morgan fingerprint density at radius 1 is 1.40 bits per heavy atom. The summed E-state index contributed by atoms with van der Waals surface area (Å²) in [7, 11) is 1.35. The minimum absolute atomic E-state index is 0.378. The summed E-state index contributed by atoms with van der Waals surface area (Å²) >= 11 is 0. The van der Waals surface area contributed by atoms with E-state index in [0.29, 0.717) is 5.57 Å². The third-order valence-corrected chi connectivity index (χ3v) is 2.35. The quantitative estimate of drug-likeness (QED) is 0.598. The van der Waals surface area contributed by atoms with Gasteiger partial charge in [0, 0.05) is 17.1 Å². The number of carbonyl (C=O) groups excluding carboxylic acids is 1. The molecule has 0 fully saturated rings. The summed E-state index contributed by atoms with van der Waals surface area (Å²) < 4.78 is 4.64. The summed E-state index contributed by atoms with van der Waals surface area (Å²) in [6, 6.07) is 7.60. The van der Waals surface area contributed by atoms with Crippen molar-refractivity contribution in [3.8, 4) is 0 Å². The van der Waals surface area contributed by atoms with E-state index >= 15 is 0 Å². The highest BCUT2D eigenvalue weighted by atomic mass is 16.5. The van der Waals surface area contributed by atoms with Gasteiger partial charge in [-0.25, -0.2) is 4.79 Å². The third-order valence-electron chi connectivity index (χ3n) is 2.35. The molecule has 1 heterocycles. The van der Waals surface area contributed by atoms with Crippen molar-refractivity contribution in [1.82, 2.24) is 4.98 Å². The summed E-state index contributed by atoms with van der Waals surface area (Å²) in [6.07, 6.45) is 1.83. The summed E-state index contributed by atoms with van der Waals surface area (Å²) in [5.41, 5.74) is 2.17. The Labute approximate surface area is 87.4 Å². The van der Waals surface area contributed by atoms with Crippen LogP contribution < -0.4 is 0 Å². The number of H-pyrrole nitrogens is 1. The molecule has 76 valence electrons. The molecule has 0 atom stereocenters. The number of aromatic nitrogens is 1. The van der Waals surface area contributed by atoms with Crippen molar-refractivity contribution < 1.29 is 9.53 Å². The number of ether oxygens (including phenoxy) is 1. The monoisotopic (exact) mass is 201 g/mol. The van der Waals surface area contributed by atoms with E-state index in [0.717, 1.165) is 16.5 Å². The molecule has 0 radical (unpaired) electrons. The lowest BCUT2D eigenvalue weighted by atomic mass is 10.0. The molecule has 0 saturated heterocycles. The Morgan fingerprint density at radius 2 is 2.20 bits per heavy atom. The number of hydrogen-bond donors (Lipinski definition) is 1. The van der Waals surface area contributed by atoms with Crippen LogP contribution in [0, 0.1) is 0 Å². The van der Waals surface area contributed by atoms with Crippen molar-refractivity contribution in [2.45, 2.75) is 0 Å². The Morgan fingerprint density at radius 3 is 2.93 bits per heavy atom. The van der Waals surface area contributed by atoms with Crippen LogP contribution >= 0.6 is 0 Å². The summed E-state index contributed by atoms with van der Waals surface area (Å²) in [5.74, 6) is -0.399. The molecule has 0 aliphatic rings. The standard InChI is InChI=1S/C12H11NO2/c1-8(12(14)15-2)9-4-3-5-11-10(9)6-7-13-11/h3-7,13H,1H2,2H3. The fourth-order valence-corrected chi connectivity index (χ4v) is 1.58. The van der Waals surface area contributed by atoms with Crippen molar-refractivity contribution in [3.05, 3.63) is 42.6 Å². The lowest BCUT2D eigenvalue weighted by Gasteiger charge is -2.04. The van der Waals surface area contributed by atoms with Crippen molar-refractivity contribution in [2.75, 3.05) is 7.11 Å². The van der Waals surface area contributed by atoms with Gasteiger partial charge in [-0.05, 0) is 17.7 Å². The molecule has 3 heteroatoms. The maximum absolute atomic E-state index is 11.3. The highest BCUT2D eigenvalue weighted by Crippen LogP contribution is 2.23. The molecule has 0 unspecified atom stereocenters. The van der Waals surface area contributed by atoms with Crippen molar-refractivity contribution in [2.24, 2.45) is 0 Å². The number of rotatable bonds is 2. The number of benzene rings is 1. The van der Waals surface area contributed by atoms with Gasteiger partial charge in [0.15, 0.2) is 0 Å². The van der Waals surface area contributed by atoms with Gasteiger partial charge in [0.1, 0.15) is 0 Å². The van der Waals surface area contributed by atoms with Gasteiger partial charge in [-0.15, -0.1) is 0 Å². The van der Waals surface area contributed by atoms with Gasteiger partial charge in [0.25, 0.3) is 0 Å². The van der Waals surface area contributed by atoms with Gasteiger partial charge in [0.05, 0.1) is 12.7 Å². The van der Waals surface area contributed by atoms with E-state index in [1.54, 1.807) is 0 Å². The van der Waals surface area contributed by atoms with Crippen LogP contribution in [0.2, 0.25) is 0 Å². The van der Waals surface area contributed by atoms with E-state index in [-0.39, 0.29) is 0 Å². The fourth-order valence-electron chi connectivity index (χ4n) is 1.58. The zero-order chi connectivity index (χ0) is 10.8. The molecule has 3 nitrogen and oxygen atoms in total. The molecule has 2 rings (SSSR count). The number of aromatic amines is 1. The van der Waals surface area contributed by atoms with Crippen molar-refractivity contribution in [3.63, 3.8) is 0 Å². The number of methoxy groups -OCH3 is 1. The molecule has 1 aromatic carbocycles. The molecular formula is C12H11NO2. The predicted molar refractivity (Wildman–Crippen MR) is 59.3 cm³/mol. The van der Waals surface area contributed by atoms with E-state index in [1.807, 2.05) is 30.5 Å². The van der Waals surface area contributed by atoms with Crippen LogP contribution in [0.5, 0.6) is 0 Å². The van der Waals surface area contributed by atoms with Gasteiger partial charge < -0.3 is 9.72 Å². The van der Waals surface area contributed by atoms with E-state index < -0.39 is 5.97 Å². The minimum Gasteiger partial charge on any atom is -0.465 e. The molecule has 0 spiro atoms. The normalized spacial score (nSPS) is 10.2. The molecule has 0 aliphatic carbocycles. The Kier molecular flexibility index (Phi) is 2.29. The number of fused-ring (bicyclic) bond motifs is 1. The second kappa shape index (κ2) is 3.61. The number of nitrogens with one attached hydrogen (secondary N) is 1. The van der Waals surface area contributed by atoms with Gasteiger partial charge in [-0.2, -0.15) is 0 Å². The Hall–Kier alpha value is -2.03. The summed E-state index contributed by atoms with van der Waals surface area (Å²) in [4.78, 5) is 14.4. The Balaban J connectivity index is 2.56. The highest BCUT2D eigenvalue weighted by Gasteiger charge is 2.12. The van der Waals surface area contributed by atoms with Gasteiger partial charge in [-0.1, -0.05) is 18.7 Å².